The Morgan fingerprint density at radius 1 is 1.15 bits per heavy atom. The first-order chi connectivity index (χ1) is 22.1. The highest BCUT2D eigenvalue weighted by molar-refractivity contribution is 8.02. The molecule has 1 saturated heterocycles. The molecule has 2 heterocycles. The van der Waals surface area contributed by atoms with Crippen LogP contribution in [0.15, 0.2) is 84.2 Å². The van der Waals surface area contributed by atoms with E-state index in [0.29, 0.717) is 38.8 Å². The number of amides is 3. The van der Waals surface area contributed by atoms with Crippen LogP contribution in [0.25, 0.3) is 0 Å². The highest BCUT2D eigenvalue weighted by Gasteiger charge is 2.38. The molecule has 0 aromatic rings. The molecule has 2 rings (SSSR count). The molecule has 1 fully saturated rings. The van der Waals surface area contributed by atoms with Crippen molar-refractivity contribution in [2.75, 3.05) is 38.3 Å². The van der Waals surface area contributed by atoms with Gasteiger partial charge in [-0.1, -0.05) is 74.4 Å². The van der Waals surface area contributed by atoms with E-state index in [0.717, 1.165) is 29.9 Å². The molecule has 2 aliphatic heterocycles. The number of hydrogen-bond acceptors (Lipinski definition) is 7. The summed E-state index contributed by atoms with van der Waals surface area (Å²) in [6.07, 6.45) is 18.7. The predicted octanol–water partition coefficient (Wildman–Crippen LogP) is 6.62. The Bertz CT molecular complexity index is 1030. The maximum atomic E-state index is 13.1. The minimum Gasteiger partial charge on any atom is -0.342 e. The van der Waals surface area contributed by atoms with Gasteiger partial charge in [0.25, 0.3) is 0 Å². The van der Waals surface area contributed by atoms with Gasteiger partial charge in [-0.3, -0.25) is 14.4 Å². The Hall–Kier alpha value is -2.79. The van der Waals surface area contributed by atoms with E-state index in [1.807, 2.05) is 49.9 Å². The van der Waals surface area contributed by atoms with Crippen molar-refractivity contribution in [3.05, 3.63) is 84.2 Å². The number of allylic oxidation sites excluding steroid dienone is 6. The summed E-state index contributed by atoms with van der Waals surface area (Å²) in [6.45, 7) is 20.8. The van der Waals surface area contributed by atoms with Gasteiger partial charge in [-0.25, -0.2) is 0 Å². The lowest BCUT2D eigenvalue weighted by Gasteiger charge is -2.34. The van der Waals surface area contributed by atoms with E-state index in [2.05, 4.69) is 78.6 Å². The van der Waals surface area contributed by atoms with Crippen molar-refractivity contribution in [1.29, 1.82) is 0 Å². The number of carbonyl (C=O) groups is 3. The number of nitrogens with zero attached hydrogens (tertiary/aromatic N) is 1. The van der Waals surface area contributed by atoms with Gasteiger partial charge in [0.2, 0.25) is 17.7 Å². The first-order valence-electron chi connectivity index (χ1n) is 16.1. The van der Waals surface area contributed by atoms with E-state index in [1.165, 1.54) is 17.4 Å². The molecule has 0 saturated carbocycles. The number of likely N-dealkylation sites (N-methyl/N-ethyl adjacent to an activating group) is 1. The van der Waals surface area contributed by atoms with Crippen LogP contribution in [0.4, 0.5) is 0 Å². The Kier molecular flexibility index (Phi) is 29.2. The molecular formula is C36H61N5O3S2. The van der Waals surface area contributed by atoms with Crippen LogP contribution in [0.1, 0.15) is 73.1 Å². The average molecular weight is 676 g/mol. The second-order valence-electron chi connectivity index (χ2n) is 10.4. The Morgan fingerprint density at radius 3 is 2.41 bits per heavy atom. The van der Waals surface area contributed by atoms with Crippen molar-refractivity contribution < 1.29 is 14.4 Å². The number of piperidine rings is 1. The van der Waals surface area contributed by atoms with Crippen molar-refractivity contribution in [1.82, 2.24) is 20.9 Å². The topological polar surface area (TPSA) is 117 Å². The Labute approximate surface area is 288 Å². The van der Waals surface area contributed by atoms with E-state index in [4.69, 9.17) is 5.73 Å². The molecule has 5 N–H and O–H groups in total. The number of thioether (sulfide) groups is 2. The predicted molar refractivity (Wildman–Crippen MR) is 204 cm³/mol. The van der Waals surface area contributed by atoms with Crippen molar-refractivity contribution in [2.24, 2.45) is 5.73 Å². The van der Waals surface area contributed by atoms with Crippen LogP contribution in [0.3, 0.4) is 0 Å². The van der Waals surface area contributed by atoms with Gasteiger partial charge in [-0.05, 0) is 69.4 Å². The van der Waals surface area contributed by atoms with E-state index < -0.39 is 11.6 Å². The molecule has 0 aromatic carbocycles. The molecule has 2 aliphatic rings. The van der Waals surface area contributed by atoms with Gasteiger partial charge < -0.3 is 26.6 Å². The van der Waals surface area contributed by atoms with Crippen LogP contribution in [-0.4, -0.2) is 72.5 Å². The molecule has 10 heteroatoms. The molecule has 0 aromatic heterocycles. The maximum Gasteiger partial charge on any atom is 0.246 e. The second kappa shape index (κ2) is 29.6. The first-order valence-corrected chi connectivity index (χ1v) is 18.2. The summed E-state index contributed by atoms with van der Waals surface area (Å²) >= 11 is 3.50. The molecule has 46 heavy (non-hydrogen) atoms. The van der Waals surface area contributed by atoms with Crippen LogP contribution >= 0.6 is 23.5 Å². The fraction of sp³-hybridized carbons (Fsp3) is 0.528. The van der Waals surface area contributed by atoms with Crippen molar-refractivity contribution in [3.63, 3.8) is 0 Å². The highest BCUT2D eigenvalue weighted by Crippen LogP contribution is 2.21. The quantitative estimate of drug-likeness (QED) is 0.0985. The van der Waals surface area contributed by atoms with Gasteiger partial charge in [0.15, 0.2) is 0 Å². The fourth-order valence-electron chi connectivity index (χ4n) is 4.03. The second-order valence-corrected chi connectivity index (χ2v) is 12.2. The maximum absolute atomic E-state index is 13.1. The van der Waals surface area contributed by atoms with Gasteiger partial charge in [0.05, 0.1) is 12.2 Å². The molecule has 8 nitrogen and oxygen atoms in total. The number of hydrogen-bond donors (Lipinski definition) is 4. The molecule has 0 radical (unpaired) electrons. The summed E-state index contributed by atoms with van der Waals surface area (Å²) in [6, 6.07) is -0.750. The average Bonchev–Trinajstić information content (AvgIpc) is 3.19. The molecule has 260 valence electrons. The lowest BCUT2D eigenvalue weighted by Crippen LogP contribution is -2.62. The molecule has 0 bridgehead atoms. The van der Waals surface area contributed by atoms with E-state index >= 15 is 0 Å². The zero-order chi connectivity index (χ0) is 35.2. The van der Waals surface area contributed by atoms with Gasteiger partial charge in [0.1, 0.15) is 6.04 Å². The van der Waals surface area contributed by atoms with Crippen LogP contribution in [-0.2, 0) is 14.4 Å². The summed E-state index contributed by atoms with van der Waals surface area (Å²) in [4.78, 5) is 38.7. The fourth-order valence-corrected chi connectivity index (χ4v) is 5.50. The zero-order valence-corrected chi connectivity index (χ0v) is 30.9. The Morgan fingerprint density at radius 2 is 1.80 bits per heavy atom. The summed E-state index contributed by atoms with van der Waals surface area (Å²) in [5.74, 6) is 1.15. The van der Waals surface area contributed by atoms with Gasteiger partial charge in [-0.15, -0.1) is 43.3 Å². The standard InChI is InChI=1S/C21H33N5O3S.C11H18S.C2H6.C2H4/c1-16(27)24-15-26(2)19(28)18(13-17-7-5-3-4-6-12-30-14-17)25-20(29)21(22)8-10-23-11-9-21;1-4-6-7-9-12-10-11(3)8-5-2;2*1-2/h3-6,14,18,23H,7-13,15,22H2,1-2H3,(H,24,27)(H,25,29);5-7,10H,2,4,8-9H2,1,3H3;1-2H3;1-2H2/b5-3-,6-4-,17-14+;7-6-,11-10-;;/t18-;;;/m1.../s1. The minimum atomic E-state index is -0.981. The highest BCUT2D eigenvalue weighted by atomic mass is 32.2. The van der Waals surface area contributed by atoms with Crippen molar-refractivity contribution in [2.45, 2.75) is 84.7 Å². The summed E-state index contributed by atoms with van der Waals surface area (Å²) in [5.41, 5.74) is 7.82. The van der Waals surface area contributed by atoms with Crippen LogP contribution in [0, 0.1) is 0 Å². The van der Waals surface area contributed by atoms with E-state index in [1.54, 1.807) is 18.8 Å². The van der Waals surface area contributed by atoms with Crippen molar-refractivity contribution >= 4 is 41.2 Å². The molecule has 0 aliphatic carbocycles. The van der Waals surface area contributed by atoms with E-state index in [-0.39, 0.29) is 24.4 Å². The summed E-state index contributed by atoms with van der Waals surface area (Å²) in [5, 5.41) is 13.0. The molecular weight excluding hydrogens is 615 g/mol. The molecule has 3 amide bonds. The van der Waals surface area contributed by atoms with Crippen molar-refractivity contribution in [3.8, 4) is 0 Å². The Balaban J connectivity index is 0. The van der Waals surface area contributed by atoms with Gasteiger partial charge >= 0.3 is 0 Å². The smallest absolute Gasteiger partial charge is 0.246 e. The van der Waals surface area contributed by atoms with E-state index in [9.17, 15) is 14.4 Å². The monoisotopic (exact) mass is 675 g/mol. The third-order valence-corrected chi connectivity index (χ3v) is 8.35. The van der Waals surface area contributed by atoms with Crippen LogP contribution in [0.2, 0.25) is 0 Å². The van der Waals surface area contributed by atoms with Gasteiger partial charge in [-0.2, -0.15) is 0 Å². The van der Waals surface area contributed by atoms with Crippen LogP contribution < -0.4 is 21.7 Å². The van der Waals surface area contributed by atoms with Gasteiger partial charge in [0, 0.05) is 25.5 Å². The minimum absolute atomic E-state index is 0.0792. The molecule has 0 unspecified atom stereocenters. The lowest BCUT2D eigenvalue weighted by atomic mass is 9.88. The van der Waals surface area contributed by atoms with Crippen LogP contribution in [0.5, 0.6) is 0 Å². The zero-order valence-electron chi connectivity index (χ0n) is 29.2. The third-order valence-electron chi connectivity index (χ3n) is 6.51. The first kappa shape index (κ1) is 45.3. The summed E-state index contributed by atoms with van der Waals surface area (Å²) < 4.78 is 0. The molecule has 0 spiro atoms. The third kappa shape index (κ3) is 21.9. The number of nitrogens with one attached hydrogen (secondary N) is 3. The SMILES string of the molecule is C=C.C=CC/C(C)=C\SC/C=C\CC.CC.CC(=O)NCN(C)C(=O)[C@@H](C/C1=C/SC/C=C\C=C/C1)NC(=O)C1(N)CCNCC1. The normalized spacial score (nSPS) is 18.7. The largest absolute Gasteiger partial charge is 0.342 e. The lowest BCUT2D eigenvalue weighted by molar-refractivity contribution is -0.138. The summed E-state index contributed by atoms with van der Waals surface area (Å²) in [7, 11) is 1.61. The molecule has 1 atom stereocenters. The number of rotatable bonds is 13. The number of carbonyl (C=O) groups excluding carboxylic acids is 3. The number of nitrogens with two attached hydrogens (primary N) is 1.